The van der Waals surface area contributed by atoms with Crippen molar-refractivity contribution in [2.75, 3.05) is 19.5 Å². The third kappa shape index (κ3) is 4.69. The summed E-state index contributed by atoms with van der Waals surface area (Å²) in [6.07, 6.45) is 0. The maximum absolute atomic E-state index is 12.9. The van der Waals surface area contributed by atoms with E-state index < -0.39 is 5.92 Å². The Morgan fingerprint density at radius 2 is 1.97 bits per heavy atom. The number of carbonyl (C=O) groups excluding carboxylic acids is 1. The summed E-state index contributed by atoms with van der Waals surface area (Å²) in [6.45, 7) is 1.19. The number of ketones is 1. The van der Waals surface area contributed by atoms with Gasteiger partial charge in [0.2, 0.25) is 0 Å². The van der Waals surface area contributed by atoms with Crippen molar-refractivity contribution in [1.29, 1.82) is 5.26 Å². The van der Waals surface area contributed by atoms with Crippen molar-refractivity contribution >= 4 is 39.9 Å². The van der Waals surface area contributed by atoms with Crippen molar-refractivity contribution in [1.82, 2.24) is 14.5 Å². The zero-order valence-electron chi connectivity index (χ0n) is 16.9. The smallest absolute Gasteiger partial charge is 0.169 e. The predicted octanol–water partition coefficient (Wildman–Crippen LogP) is 4.77. The average Bonchev–Trinajstić information content (AvgIpc) is 3.42. The van der Waals surface area contributed by atoms with Crippen LogP contribution in [0.3, 0.4) is 0 Å². The first kappa shape index (κ1) is 21.2. The van der Waals surface area contributed by atoms with Crippen LogP contribution in [0, 0.1) is 11.3 Å². The van der Waals surface area contributed by atoms with Gasteiger partial charge in [-0.2, -0.15) is 5.26 Å². The van der Waals surface area contributed by atoms with Crippen LogP contribution in [0.5, 0.6) is 0 Å². The van der Waals surface area contributed by atoms with E-state index in [-0.39, 0.29) is 11.5 Å². The molecule has 0 aliphatic rings. The minimum absolute atomic E-state index is 0.148. The number of para-hydroxylation sites is 2. The van der Waals surface area contributed by atoms with Gasteiger partial charge in [0.05, 0.1) is 35.2 Å². The van der Waals surface area contributed by atoms with Gasteiger partial charge >= 0.3 is 0 Å². The van der Waals surface area contributed by atoms with E-state index in [0.717, 1.165) is 27.4 Å². The number of hydrogen-bond donors (Lipinski definition) is 0. The first-order valence-corrected chi connectivity index (χ1v) is 11.6. The molecule has 0 bridgehead atoms. The topological polar surface area (TPSA) is 80.8 Å². The Labute approximate surface area is 188 Å². The van der Waals surface area contributed by atoms with Crippen LogP contribution in [-0.4, -0.2) is 39.8 Å². The van der Waals surface area contributed by atoms with E-state index >= 15 is 0 Å². The van der Waals surface area contributed by atoms with Gasteiger partial charge < -0.3 is 9.30 Å². The van der Waals surface area contributed by atoms with E-state index in [1.165, 1.54) is 23.1 Å². The molecule has 0 amide bonds. The summed E-state index contributed by atoms with van der Waals surface area (Å²) in [5, 5.41) is 12.8. The molecule has 2 aromatic carbocycles. The molecule has 0 N–H and O–H groups in total. The fourth-order valence-electron chi connectivity index (χ4n) is 3.21. The van der Waals surface area contributed by atoms with Gasteiger partial charge in [-0.05, 0) is 12.1 Å². The summed E-state index contributed by atoms with van der Waals surface area (Å²) in [6, 6.07) is 19.7. The van der Waals surface area contributed by atoms with Gasteiger partial charge in [-0.25, -0.2) is 9.97 Å². The molecule has 156 valence electrons. The quantitative estimate of drug-likeness (QED) is 0.343. The number of ether oxygens (including phenoxy) is 1. The second kappa shape index (κ2) is 9.88. The summed E-state index contributed by atoms with van der Waals surface area (Å²) < 4.78 is 7.27. The van der Waals surface area contributed by atoms with Gasteiger partial charge in [-0.15, -0.1) is 11.3 Å². The zero-order chi connectivity index (χ0) is 21.6. The van der Waals surface area contributed by atoms with Gasteiger partial charge in [-0.1, -0.05) is 54.2 Å². The van der Waals surface area contributed by atoms with E-state index in [0.29, 0.717) is 18.2 Å². The molecule has 1 atom stereocenters. The van der Waals surface area contributed by atoms with Crippen molar-refractivity contribution in [3.05, 3.63) is 65.0 Å². The van der Waals surface area contributed by atoms with Gasteiger partial charge in [0.15, 0.2) is 16.9 Å². The fourth-order valence-corrected chi connectivity index (χ4v) is 5.05. The minimum Gasteiger partial charge on any atom is -0.383 e. The van der Waals surface area contributed by atoms with Crippen LogP contribution in [0.15, 0.2) is 65.1 Å². The maximum atomic E-state index is 12.9. The minimum atomic E-state index is -0.883. The second-order valence-corrected chi connectivity index (χ2v) is 8.61. The fraction of sp³-hybridized carbons (Fsp3) is 0.217. The van der Waals surface area contributed by atoms with Crippen LogP contribution in [0.4, 0.5) is 0 Å². The first-order chi connectivity index (χ1) is 15.2. The molecular weight excluding hydrogens is 428 g/mol. The molecule has 0 saturated carbocycles. The summed E-state index contributed by atoms with van der Waals surface area (Å²) in [7, 11) is 1.66. The van der Waals surface area contributed by atoms with Crippen LogP contribution in [-0.2, 0) is 16.1 Å². The number of thiazole rings is 1. The number of carbonyl (C=O) groups is 1. The number of Topliss-reactive ketones (excluding diaryl/α,β-unsaturated/α-hetero) is 1. The van der Waals surface area contributed by atoms with Crippen molar-refractivity contribution < 1.29 is 9.53 Å². The highest BCUT2D eigenvalue weighted by atomic mass is 32.2. The average molecular weight is 449 g/mol. The van der Waals surface area contributed by atoms with E-state index in [1.54, 1.807) is 7.11 Å². The van der Waals surface area contributed by atoms with E-state index in [1.807, 2.05) is 60.0 Å². The summed E-state index contributed by atoms with van der Waals surface area (Å²) in [5.41, 5.74) is 3.62. The highest BCUT2D eigenvalue weighted by Crippen LogP contribution is 2.29. The number of fused-ring (bicyclic) bond motifs is 1. The number of rotatable bonds is 9. The molecule has 8 heteroatoms. The summed E-state index contributed by atoms with van der Waals surface area (Å²) >= 11 is 2.69. The third-order valence-electron chi connectivity index (χ3n) is 4.77. The lowest BCUT2D eigenvalue weighted by Gasteiger charge is -2.09. The summed E-state index contributed by atoms with van der Waals surface area (Å²) in [5.74, 6) is -0.909. The van der Waals surface area contributed by atoms with E-state index in [4.69, 9.17) is 4.74 Å². The highest BCUT2D eigenvalue weighted by molar-refractivity contribution is 7.99. The molecule has 6 nitrogen and oxygen atoms in total. The number of imidazole rings is 1. The highest BCUT2D eigenvalue weighted by Gasteiger charge is 2.25. The monoisotopic (exact) mass is 448 g/mol. The molecule has 31 heavy (non-hydrogen) atoms. The lowest BCUT2D eigenvalue weighted by atomic mass is 10.1. The molecule has 4 rings (SSSR count). The Kier molecular flexibility index (Phi) is 6.77. The molecule has 0 fully saturated rings. The normalized spacial score (nSPS) is 12.0. The second-order valence-electron chi connectivity index (χ2n) is 6.78. The number of nitriles is 1. The molecule has 0 aliphatic carbocycles. The number of benzene rings is 2. The predicted molar refractivity (Wildman–Crippen MR) is 123 cm³/mol. The molecule has 0 spiro atoms. The van der Waals surface area contributed by atoms with Crippen LogP contribution >= 0.6 is 23.1 Å². The lowest BCUT2D eigenvalue weighted by Crippen LogP contribution is -2.14. The lowest BCUT2D eigenvalue weighted by molar-refractivity contribution is -0.116. The van der Waals surface area contributed by atoms with E-state index in [2.05, 4.69) is 20.6 Å². The van der Waals surface area contributed by atoms with Crippen LogP contribution in [0.1, 0.15) is 10.9 Å². The van der Waals surface area contributed by atoms with Crippen molar-refractivity contribution in [3.8, 4) is 17.3 Å². The van der Waals surface area contributed by atoms with E-state index in [9.17, 15) is 10.1 Å². The molecule has 0 saturated heterocycles. The van der Waals surface area contributed by atoms with Gasteiger partial charge in [0.1, 0.15) is 5.01 Å². The van der Waals surface area contributed by atoms with Crippen molar-refractivity contribution in [2.24, 2.45) is 0 Å². The van der Waals surface area contributed by atoms with Gasteiger partial charge in [-0.3, -0.25) is 4.79 Å². The molecule has 2 heterocycles. The van der Waals surface area contributed by atoms with Crippen LogP contribution in [0.25, 0.3) is 22.3 Å². The number of nitrogens with zero attached hydrogens (tertiary/aromatic N) is 4. The number of hydrogen-bond acceptors (Lipinski definition) is 7. The Morgan fingerprint density at radius 1 is 1.19 bits per heavy atom. The van der Waals surface area contributed by atoms with Crippen molar-refractivity contribution in [2.45, 2.75) is 17.6 Å². The van der Waals surface area contributed by atoms with Crippen molar-refractivity contribution in [3.63, 3.8) is 0 Å². The first-order valence-electron chi connectivity index (χ1n) is 9.71. The SMILES string of the molecule is COCCn1c(SCC(=O)C(C#N)c2nc(-c3ccccc3)cs2)nc2ccccc21. The molecule has 2 aromatic heterocycles. The van der Waals surface area contributed by atoms with Gasteiger partial charge in [0.25, 0.3) is 0 Å². The number of aromatic nitrogens is 3. The van der Waals surface area contributed by atoms with Gasteiger partial charge in [0, 0.05) is 24.6 Å². The molecular formula is C23H20N4O2S2. The Morgan fingerprint density at radius 3 is 2.74 bits per heavy atom. The van der Waals surface area contributed by atoms with Crippen LogP contribution in [0.2, 0.25) is 0 Å². The number of thioether (sulfide) groups is 1. The molecule has 0 aliphatic heterocycles. The standard InChI is InChI=1S/C23H20N4O2S2/c1-29-12-11-27-20-10-6-5-9-18(20)26-23(27)31-15-21(28)17(13-24)22-25-19(14-30-22)16-7-3-2-4-8-16/h2-10,14,17H,11-12,15H2,1H3. The molecule has 4 aromatic rings. The third-order valence-corrected chi connectivity index (χ3v) is 6.68. The zero-order valence-corrected chi connectivity index (χ0v) is 18.5. The Balaban J connectivity index is 1.50. The largest absolute Gasteiger partial charge is 0.383 e. The Bertz CT molecular complexity index is 1230. The Hall–Kier alpha value is -2.99. The van der Waals surface area contributed by atoms with Crippen LogP contribution < -0.4 is 0 Å². The summed E-state index contributed by atoms with van der Waals surface area (Å²) in [4.78, 5) is 22.1. The number of methoxy groups -OCH3 is 1. The molecule has 0 radical (unpaired) electrons. The molecule has 1 unspecified atom stereocenters. The maximum Gasteiger partial charge on any atom is 0.169 e.